The molecular weight excluding hydrogens is 284 g/mol. The second kappa shape index (κ2) is 14.5. The van der Waals surface area contributed by atoms with Gasteiger partial charge in [0.15, 0.2) is 0 Å². The van der Waals surface area contributed by atoms with Gasteiger partial charge >= 0.3 is 0 Å². The normalized spacial score (nSPS) is 11.0. The summed E-state index contributed by atoms with van der Waals surface area (Å²) in [6.07, 6.45) is 10.9. The molecule has 0 spiro atoms. The van der Waals surface area contributed by atoms with Crippen LogP contribution >= 0.6 is 0 Å². The highest BCUT2D eigenvalue weighted by atomic mass is 16.3. The minimum atomic E-state index is -0.230. The lowest BCUT2D eigenvalue weighted by molar-refractivity contribution is -0.127. The molecule has 0 bridgehead atoms. The van der Waals surface area contributed by atoms with E-state index in [9.17, 15) is 9.59 Å². The first-order chi connectivity index (χ1) is 10.6. The van der Waals surface area contributed by atoms with Crippen LogP contribution in [-0.2, 0) is 9.59 Å². The van der Waals surface area contributed by atoms with E-state index < -0.39 is 0 Å². The van der Waals surface area contributed by atoms with Crippen molar-refractivity contribution in [1.82, 2.24) is 4.90 Å². The summed E-state index contributed by atoms with van der Waals surface area (Å²) in [6.45, 7) is 0.286. The molecule has 0 aromatic rings. The third-order valence-corrected chi connectivity index (χ3v) is 3.36. The maximum absolute atomic E-state index is 11.8. The predicted octanol–water partition coefficient (Wildman–Crippen LogP) is 0.962. The van der Waals surface area contributed by atoms with Crippen molar-refractivity contribution >= 4 is 11.8 Å². The fourth-order valence-corrected chi connectivity index (χ4v) is 2.13. The number of aliphatic hydroxyl groups is 2. The zero-order valence-corrected chi connectivity index (χ0v) is 13.4. The number of unbranched alkanes of at least 4 members (excludes halogenated alkanes) is 6. The molecule has 0 radical (unpaired) electrons. The number of aliphatic hydroxyl groups excluding tert-OH is 2. The molecule has 0 aromatic carbocycles. The summed E-state index contributed by atoms with van der Waals surface area (Å²) in [5.41, 5.74) is 5.07. The van der Waals surface area contributed by atoms with Gasteiger partial charge in [-0.1, -0.05) is 31.8 Å². The van der Waals surface area contributed by atoms with E-state index in [1.54, 1.807) is 0 Å². The lowest BCUT2D eigenvalue weighted by atomic mass is 10.1. The van der Waals surface area contributed by atoms with Crippen LogP contribution in [0.25, 0.3) is 0 Å². The van der Waals surface area contributed by atoms with Gasteiger partial charge in [-0.25, -0.2) is 0 Å². The molecule has 0 atom stereocenters. The van der Waals surface area contributed by atoms with Crippen LogP contribution < -0.4 is 5.73 Å². The molecule has 0 fully saturated rings. The number of nitrogens with two attached hydrogens (primary N) is 1. The molecule has 128 valence electrons. The third-order valence-electron chi connectivity index (χ3n) is 3.36. The second-order valence-electron chi connectivity index (χ2n) is 5.30. The number of hydrogen-bond acceptors (Lipinski definition) is 4. The highest BCUT2D eigenvalue weighted by molar-refractivity contribution is 5.87. The summed E-state index contributed by atoms with van der Waals surface area (Å²) in [4.78, 5) is 23.7. The molecule has 0 aliphatic rings. The first-order valence-corrected chi connectivity index (χ1v) is 8.07. The van der Waals surface area contributed by atoms with Crippen molar-refractivity contribution in [2.45, 2.75) is 51.4 Å². The number of carbonyl (C=O) groups excluding carboxylic acids is 2. The molecule has 0 aliphatic carbocycles. The highest BCUT2D eigenvalue weighted by Gasteiger charge is 2.08. The number of allylic oxidation sites excluding steroid dienone is 1. The predicted molar refractivity (Wildman–Crippen MR) is 86.0 cm³/mol. The molecule has 6 nitrogen and oxygen atoms in total. The van der Waals surface area contributed by atoms with E-state index in [0.29, 0.717) is 6.42 Å². The zero-order chi connectivity index (χ0) is 16.6. The summed E-state index contributed by atoms with van der Waals surface area (Å²) in [5, 5.41) is 17.7. The van der Waals surface area contributed by atoms with E-state index in [4.69, 9.17) is 15.9 Å². The maximum Gasteiger partial charge on any atom is 0.246 e. The van der Waals surface area contributed by atoms with E-state index in [1.807, 2.05) is 6.08 Å². The van der Waals surface area contributed by atoms with Crippen LogP contribution in [0.4, 0.5) is 0 Å². The lowest BCUT2D eigenvalue weighted by Crippen LogP contribution is -2.34. The molecule has 0 rings (SSSR count). The molecule has 22 heavy (non-hydrogen) atoms. The zero-order valence-electron chi connectivity index (χ0n) is 13.4. The Balaban J connectivity index is 3.60. The Kier molecular flexibility index (Phi) is 13.6. The van der Waals surface area contributed by atoms with Gasteiger partial charge in [0, 0.05) is 19.5 Å². The minimum Gasteiger partial charge on any atom is -0.395 e. The van der Waals surface area contributed by atoms with Gasteiger partial charge < -0.3 is 20.8 Å². The van der Waals surface area contributed by atoms with Crippen LogP contribution in [0.2, 0.25) is 0 Å². The molecule has 0 aliphatic heterocycles. The lowest BCUT2D eigenvalue weighted by Gasteiger charge is -2.18. The smallest absolute Gasteiger partial charge is 0.246 e. The van der Waals surface area contributed by atoms with Gasteiger partial charge in [-0.15, -0.1) is 0 Å². The van der Waals surface area contributed by atoms with Crippen molar-refractivity contribution in [1.29, 1.82) is 0 Å². The molecule has 0 aromatic heterocycles. The molecule has 6 heteroatoms. The maximum atomic E-state index is 11.8. The van der Waals surface area contributed by atoms with Crippen LogP contribution in [0.3, 0.4) is 0 Å². The topological polar surface area (TPSA) is 104 Å². The third kappa shape index (κ3) is 12.3. The highest BCUT2D eigenvalue weighted by Crippen LogP contribution is 2.08. The molecule has 2 amide bonds. The summed E-state index contributed by atoms with van der Waals surface area (Å²) in [5.74, 6) is -0.402. The molecule has 0 heterocycles. The Morgan fingerprint density at radius 3 is 2.00 bits per heavy atom. The van der Waals surface area contributed by atoms with E-state index in [1.165, 1.54) is 11.0 Å². The van der Waals surface area contributed by atoms with E-state index in [0.717, 1.165) is 44.9 Å². The van der Waals surface area contributed by atoms with E-state index in [2.05, 4.69) is 0 Å². The molecule has 4 N–H and O–H groups in total. The van der Waals surface area contributed by atoms with Crippen LogP contribution in [-0.4, -0.2) is 53.2 Å². The average Bonchev–Trinajstić information content (AvgIpc) is 2.48. The fourth-order valence-electron chi connectivity index (χ4n) is 2.13. The van der Waals surface area contributed by atoms with Crippen LogP contribution in [0.15, 0.2) is 12.2 Å². The van der Waals surface area contributed by atoms with Gasteiger partial charge in [-0.3, -0.25) is 9.59 Å². The Morgan fingerprint density at radius 1 is 0.909 bits per heavy atom. The Bertz CT molecular complexity index is 326. The number of nitrogens with zero attached hydrogens (tertiary/aromatic N) is 1. The van der Waals surface area contributed by atoms with Crippen molar-refractivity contribution in [3.05, 3.63) is 12.2 Å². The average molecular weight is 314 g/mol. The molecule has 0 unspecified atom stereocenters. The first kappa shape index (κ1) is 20.6. The first-order valence-electron chi connectivity index (χ1n) is 8.07. The van der Waals surface area contributed by atoms with Crippen molar-refractivity contribution < 1.29 is 19.8 Å². The molecule has 0 saturated heterocycles. The number of amides is 2. The van der Waals surface area contributed by atoms with E-state index in [-0.39, 0.29) is 38.1 Å². The Labute approximate surface area is 133 Å². The van der Waals surface area contributed by atoms with Gasteiger partial charge in [0.05, 0.1) is 13.2 Å². The van der Waals surface area contributed by atoms with Crippen LogP contribution in [0.5, 0.6) is 0 Å². The van der Waals surface area contributed by atoms with Gasteiger partial charge in [-0.05, 0) is 25.3 Å². The van der Waals surface area contributed by atoms with Crippen molar-refractivity contribution in [3.8, 4) is 0 Å². The van der Waals surface area contributed by atoms with Gasteiger partial charge in [-0.2, -0.15) is 0 Å². The van der Waals surface area contributed by atoms with Gasteiger partial charge in [0.1, 0.15) is 0 Å². The van der Waals surface area contributed by atoms with Crippen molar-refractivity contribution in [3.63, 3.8) is 0 Å². The number of carbonyl (C=O) groups is 2. The Hall–Kier alpha value is -1.40. The standard InChI is InChI=1S/C16H30N2O4/c17-15(21)9-7-5-3-1-2-4-6-8-10-16(22)18(11-13-19)12-14-20/h8,10,19-20H,1-7,9,11-14H2,(H2,17,21)/b10-8+. The monoisotopic (exact) mass is 314 g/mol. The molecular formula is C16H30N2O4. The quantitative estimate of drug-likeness (QED) is 0.328. The van der Waals surface area contributed by atoms with Gasteiger partial charge in [0.25, 0.3) is 0 Å². The summed E-state index contributed by atoms with van der Waals surface area (Å²) in [7, 11) is 0. The number of rotatable bonds is 14. The van der Waals surface area contributed by atoms with Crippen molar-refractivity contribution in [2.75, 3.05) is 26.3 Å². The largest absolute Gasteiger partial charge is 0.395 e. The number of primary amides is 1. The van der Waals surface area contributed by atoms with Crippen molar-refractivity contribution in [2.24, 2.45) is 5.73 Å². The van der Waals surface area contributed by atoms with Crippen LogP contribution in [0, 0.1) is 0 Å². The SMILES string of the molecule is NC(=O)CCCCCCCC/C=C/C(=O)N(CCO)CCO. The molecule has 0 saturated carbocycles. The van der Waals surface area contributed by atoms with Crippen LogP contribution in [0.1, 0.15) is 51.4 Å². The van der Waals surface area contributed by atoms with Gasteiger partial charge in [0.2, 0.25) is 11.8 Å². The summed E-state index contributed by atoms with van der Waals surface area (Å²) >= 11 is 0. The van der Waals surface area contributed by atoms with E-state index >= 15 is 0 Å². The Morgan fingerprint density at radius 2 is 1.45 bits per heavy atom. The summed E-state index contributed by atoms with van der Waals surface area (Å²) < 4.78 is 0. The summed E-state index contributed by atoms with van der Waals surface area (Å²) in [6, 6.07) is 0. The minimum absolute atomic E-state index is 0.102. The second-order valence-corrected chi connectivity index (χ2v) is 5.30. The fraction of sp³-hybridized carbons (Fsp3) is 0.750. The number of hydrogen-bond donors (Lipinski definition) is 3.